The molecule has 0 saturated carbocycles. The predicted octanol–water partition coefficient (Wildman–Crippen LogP) is 3.94. The molecule has 0 bridgehead atoms. The highest BCUT2D eigenvalue weighted by molar-refractivity contribution is 7.71. The van der Waals surface area contributed by atoms with E-state index < -0.39 is 5.97 Å². The van der Waals surface area contributed by atoms with Crippen LogP contribution in [-0.2, 0) is 5.41 Å². The van der Waals surface area contributed by atoms with Gasteiger partial charge in [0.05, 0.1) is 19.6 Å². The molecule has 1 N–H and O–H groups in total. The Bertz CT molecular complexity index is 1060. The number of methoxy groups -OCH3 is 1. The van der Waals surface area contributed by atoms with Crippen LogP contribution in [0.15, 0.2) is 46.1 Å². The van der Waals surface area contributed by atoms with Crippen LogP contribution in [0, 0.1) is 4.77 Å². The number of carbonyl (C=O) groups excluding carboxylic acids is 1. The van der Waals surface area contributed by atoms with Crippen LogP contribution in [0.3, 0.4) is 0 Å². The maximum Gasteiger partial charge on any atom is 0.379 e. The number of nitrogens with one attached hydrogen (secondary N) is 1. The van der Waals surface area contributed by atoms with E-state index in [2.05, 4.69) is 15.3 Å². The first-order valence-electron chi connectivity index (χ1n) is 8.45. The standard InChI is InChI=1S/C19H20N4O4S/c1-19(2,3)17-21-22-18(28)23(17)20-11-12-7-8-13(15(10-12)25-4)27-16(24)14-6-5-9-26-14/h5-11H,1-4H3,(H,22,28)/b20-11-. The van der Waals surface area contributed by atoms with Gasteiger partial charge in [-0.3, -0.25) is 5.10 Å². The zero-order valence-electron chi connectivity index (χ0n) is 15.9. The largest absolute Gasteiger partial charge is 0.493 e. The van der Waals surface area contributed by atoms with Gasteiger partial charge in [-0.05, 0) is 48.1 Å². The number of H-pyrrole nitrogens is 1. The summed E-state index contributed by atoms with van der Waals surface area (Å²) in [5, 5.41) is 11.4. The average Bonchev–Trinajstić information content (AvgIpc) is 3.30. The van der Waals surface area contributed by atoms with Crippen LogP contribution in [0.5, 0.6) is 11.5 Å². The van der Waals surface area contributed by atoms with Crippen molar-refractivity contribution in [3.05, 3.63) is 58.5 Å². The van der Waals surface area contributed by atoms with Crippen LogP contribution >= 0.6 is 12.2 Å². The summed E-state index contributed by atoms with van der Waals surface area (Å²) in [6.07, 6.45) is 3.03. The molecule has 3 aromatic rings. The molecule has 9 heteroatoms. The Hall–Kier alpha value is -3.20. The van der Waals surface area contributed by atoms with E-state index in [4.69, 9.17) is 26.1 Å². The number of hydrogen-bond donors (Lipinski definition) is 1. The zero-order valence-corrected chi connectivity index (χ0v) is 16.7. The minimum Gasteiger partial charge on any atom is -0.493 e. The van der Waals surface area contributed by atoms with Gasteiger partial charge in [-0.2, -0.15) is 14.9 Å². The monoisotopic (exact) mass is 400 g/mol. The lowest BCUT2D eigenvalue weighted by Crippen LogP contribution is -2.17. The van der Waals surface area contributed by atoms with E-state index in [0.717, 1.165) is 5.56 Å². The van der Waals surface area contributed by atoms with E-state index in [9.17, 15) is 4.79 Å². The first-order chi connectivity index (χ1) is 13.3. The van der Waals surface area contributed by atoms with Gasteiger partial charge in [0.15, 0.2) is 17.3 Å². The number of nitrogens with zero attached hydrogens (tertiary/aromatic N) is 3. The Kier molecular flexibility index (Phi) is 5.46. The number of carbonyl (C=O) groups is 1. The summed E-state index contributed by atoms with van der Waals surface area (Å²) in [6.45, 7) is 6.07. The molecular weight excluding hydrogens is 380 g/mol. The predicted molar refractivity (Wildman–Crippen MR) is 106 cm³/mol. The van der Waals surface area contributed by atoms with Crippen molar-refractivity contribution < 1.29 is 18.7 Å². The number of hydrogen-bond acceptors (Lipinski definition) is 7. The topological polar surface area (TPSA) is 94.6 Å². The second-order valence-corrected chi connectivity index (χ2v) is 7.32. The van der Waals surface area contributed by atoms with Crippen molar-refractivity contribution in [2.45, 2.75) is 26.2 Å². The fourth-order valence-corrected chi connectivity index (χ4v) is 2.58. The zero-order chi connectivity index (χ0) is 20.3. The highest BCUT2D eigenvalue weighted by Crippen LogP contribution is 2.28. The van der Waals surface area contributed by atoms with Crippen molar-refractivity contribution in [2.75, 3.05) is 7.11 Å². The fourth-order valence-electron chi connectivity index (χ4n) is 2.40. The first-order valence-corrected chi connectivity index (χ1v) is 8.86. The van der Waals surface area contributed by atoms with Gasteiger partial charge in [-0.1, -0.05) is 20.8 Å². The number of benzene rings is 1. The molecule has 0 radical (unpaired) electrons. The summed E-state index contributed by atoms with van der Waals surface area (Å²) in [4.78, 5) is 12.1. The Morgan fingerprint density at radius 1 is 1.32 bits per heavy atom. The quantitative estimate of drug-likeness (QED) is 0.302. The third kappa shape index (κ3) is 4.20. The average molecular weight is 400 g/mol. The van der Waals surface area contributed by atoms with Crippen LogP contribution in [0.25, 0.3) is 0 Å². The number of furan rings is 1. The van der Waals surface area contributed by atoms with Gasteiger partial charge in [0, 0.05) is 5.41 Å². The van der Waals surface area contributed by atoms with E-state index in [1.165, 1.54) is 19.4 Å². The van der Waals surface area contributed by atoms with Gasteiger partial charge in [0.25, 0.3) is 0 Å². The lowest BCUT2D eigenvalue weighted by molar-refractivity contribution is 0.0696. The number of ether oxygens (including phenoxy) is 2. The molecule has 1 aromatic carbocycles. The van der Waals surface area contributed by atoms with E-state index in [0.29, 0.717) is 16.3 Å². The minimum atomic E-state index is -0.607. The summed E-state index contributed by atoms with van der Waals surface area (Å²) in [7, 11) is 1.49. The molecule has 0 spiro atoms. The molecule has 3 rings (SSSR count). The normalized spacial score (nSPS) is 11.7. The molecule has 2 aromatic heterocycles. The summed E-state index contributed by atoms with van der Waals surface area (Å²) in [5.74, 6) is 0.873. The number of aromatic nitrogens is 3. The van der Waals surface area contributed by atoms with Gasteiger partial charge in [0.2, 0.25) is 10.5 Å². The van der Waals surface area contributed by atoms with E-state index in [1.54, 1.807) is 35.2 Å². The van der Waals surface area contributed by atoms with Crippen molar-refractivity contribution in [3.63, 3.8) is 0 Å². The maximum atomic E-state index is 12.1. The Morgan fingerprint density at radius 3 is 2.75 bits per heavy atom. The van der Waals surface area contributed by atoms with E-state index in [-0.39, 0.29) is 16.9 Å². The van der Waals surface area contributed by atoms with Crippen molar-refractivity contribution in [3.8, 4) is 11.5 Å². The first kappa shape index (κ1) is 19.6. The van der Waals surface area contributed by atoms with Crippen LogP contribution in [0.2, 0.25) is 0 Å². The van der Waals surface area contributed by atoms with Gasteiger partial charge in [0.1, 0.15) is 0 Å². The van der Waals surface area contributed by atoms with Crippen LogP contribution < -0.4 is 9.47 Å². The molecule has 28 heavy (non-hydrogen) atoms. The number of esters is 1. The summed E-state index contributed by atoms with van der Waals surface area (Å²) < 4.78 is 17.7. The SMILES string of the molecule is COc1cc(/C=N\n2c(C(C)(C)C)n[nH]c2=S)ccc1OC(=O)c1ccco1. The molecule has 2 heterocycles. The molecular formula is C19H20N4O4S. The lowest BCUT2D eigenvalue weighted by Gasteiger charge is -2.15. The Balaban J connectivity index is 1.85. The molecule has 0 saturated heterocycles. The Labute approximate surface area is 166 Å². The van der Waals surface area contributed by atoms with E-state index in [1.807, 2.05) is 20.8 Å². The minimum absolute atomic E-state index is 0.108. The van der Waals surface area contributed by atoms with Gasteiger partial charge in [-0.15, -0.1) is 0 Å². The summed E-state index contributed by atoms with van der Waals surface area (Å²) in [6, 6.07) is 8.21. The molecule has 0 aliphatic rings. The smallest absolute Gasteiger partial charge is 0.379 e. The second kappa shape index (κ2) is 7.81. The molecule has 0 aliphatic heterocycles. The highest BCUT2D eigenvalue weighted by Gasteiger charge is 2.21. The molecule has 0 unspecified atom stereocenters. The van der Waals surface area contributed by atoms with Crippen LogP contribution in [-0.4, -0.2) is 34.2 Å². The van der Waals surface area contributed by atoms with Crippen molar-refractivity contribution in [2.24, 2.45) is 5.10 Å². The maximum absolute atomic E-state index is 12.1. The van der Waals surface area contributed by atoms with Crippen LogP contribution in [0.1, 0.15) is 42.7 Å². The molecule has 0 atom stereocenters. The van der Waals surface area contributed by atoms with Gasteiger partial charge >= 0.3 is 5.97 Å². The Morgan fingerprint density at radius 2 is 2.11 bits per heavy atom. The van der Waals surface area contributed by atoms with Gasteiger partial charge < -0.3 is 13.9 Å². The molecule has 0 fully saturated rings. The number of rotatable bonds is 5. The second-order valence-electron chi connectivity index (χ2n) is 6.94. The lowest BCUT2D eigenvalue weighted by atomic mass is 9.96. The number of aromatic amines is 1. The third-order valence-corrected chi connectivity index (χ3v) is 4.02. The molecule has 0 aliphatic carbocycles. The molecule has 0 amide bonds. The third-order valence-electron chi connectivity index (χ3n) is 3.76. The fraction of sp³-hybridized carbons (Fsp3) is 0.263. The molecule has 8 nitrogen and oxygen atoms in total. The van der Waals surface area contributed by atoms with Gasteiger partial charge in [-0.25, -0.2) is 4.79 Å². The molecule has 146 valence electrons. The summed E-state index contributed by atoms with van der Waals surface area (Å²) in [5.41, 5.74) is 0.504. The van der Waals surface area contributed by atoms with Crippen molar-refractivity contribution in [1.29, 1.82) is 0 Å². The van der Waals surface area contributed by atoms with Crippen molar-refractivity contribution >= 4 is 24.4 Å². The summed E-state index contributed by atoms with van der Waals surface area (Å²) >= 11 is 5.25. The van der Waals surface area contributed by atoms with Crippen LogP contribution in [0.4, 0.5) is 0 Å². The van der Waals surface area contributed by atoms with Crippen molar-refractivity contribution in [1.82, 2.24) is 14.9 Å². The van der Waals surface area contributed by atoms with E-state index >= 15 is 0 Å². The highest BCUT2D eigenvalue weighted by atomic mass is 32.1.